The third-order valence-corrected chi connectivity index (χ3v) is 17.8. The molecule has 0 aromatic heterocycles. The third-order valence-electron chi connectivity index (χ3n) is 13.0. The van der Waals surface area contributed by atoms with Gasteiger partial charge in [0.05, 0.1) is 28.9 Å². The number of benzene rings is 5. The molecule has 11 nitrogen and oxygen atoms in total. The van der Waals surface area contributed by atoms with Crippen molar-refractivity contribution >= 4 is 48.3 Å². The molecule has 0 saturated carbocycles. The predicted octanol–water partition coefficient (Wildman–Crippen LogP) is 12.3. The monoisotopic (exact) mass is 952 g/mol. The van der Waals surface area contributed by atoms with Crippen LogP contribution in [0.25, 0.3) is 11.1 Å². The van der Waals surface area contributed by atoms with Crippen molar-refractivity contribution in [3.8, 4) is 17.8 Å². The maximum atomic E-state index is 15.1. The Morgan fingerprint density at radius 1 is 0.609 bits per heavy atom. The number of para-hydroxylation sites is 2. The summed E-state index contributed by atoms with van der Waals surface area (Å²) >= 11 is 0. The van der Waals surface area contributed by atoms with E-state index < -0.39 is 14.7 Å². The number of carbonyl (C=O) groups excluding carboxylic acids is 1. The minimum absolute atomic E-state index is 0.149. The van der Waals surface area contributed by atoms with Gasteiger partial charge >= 0.3 is 0 Å². The summed E-state index contributed by atoms with van der Waals surface area (Å²) in [5, 5.41) is 10.9. The Kier molecular flexibility index (Phi) is 13.5. The molecule has 0 saturated heterocycles. The molecule has 2 atom stereocenters. The second-order valence-corrected chi connectivity index (χ2v) is 22.3. The number of hydrogen-bond donors (Lipinski definition) is 0. The highest BCUT2D eigenvalue weighted by Gasteiger charge is 2.40. The fourth-order valence-electron chi connectivity index (χ4n) is 9.82. The number of rotatable bonds is 16. The highest BCUT2D eigenvalue weighted by atomic mass is 31.2. The SMILES string of the molecule is N#COc1ccccc1CN(Cc1ccc(OC2=CC=C(CN(Cc3ccccc3N=C=O)CP3(=O)OC4=C(CC=CC4)c4ccccc43)CC2)cc1)CP1(=O)OC2=C(CC=CC2)c2ccccc21. The van der Waals surface area contributed by atoms with Crippen LogP contribution in [0.15, 0.2) is 186 Å². The first-order chi connectivity index (χ1) is 33.8. The summed E-state index contributed by atoms with van der Waals surface area (Å²) in [6, 6.07) is 38.6. The molecule has 346 valence electrons. The Bertz CT molecular complexity index is 3190. The molecule has 5 aromatic carbocycles. The molecule has 5 aromatic rings. The third kappa shape index (κ3) is 10.1. The molecule has 0 amide bonds. The van der Waals surface area contributed by atoms with E-state index >= 15 is 9.13 Å². The molecule has 3 aliphatic carbocycles. The van der Waals surface area contributed by atoms with Gasteiger partial charge in [-0.1, -0.05) is 121 Å². The van der Waals surface area contributed by atoms with Gasteiger partial charge < -0.3 is 18.5 Å². The lowest BCUT2D eigenvalue weighted by atomic mass is 9.96. The zero-order chi connectivity index (χ0) is 47.2. The van der Waals surface area contributed by atoms with Crippen LogP contribution in [0, 0.1) is 11.5 Å². The van der Waals surface area contributed by atoms with Gasteiger partial charge in [-0.15, -0.1) is 5.26 Å². The van der Waals surface area contributed by atoms with Crippen molar-refractivity contribution in [2.45, 2.75) is 58.2 Å². The van der Waals surface area contributed by atoms with Crippen molar-refractivity contribution in [1.82, 2.24) is 9.80 Å². The highest BCUT2D eigenvalue weighted by molar-refractivity contribution is 7.67. The van der Waals surface area contributed by atoms with E-state index in [1.54, 1.807) is 24.5 Å². The Balaban J connectivity index is 0.860. The van der Waals surface area contributed by atoms with Gasteiger partial charge in [0.1, 0.15) is 28.8 Å². The van der Waals surface area contributed by atoms with E-state index in [2.05, 4.69) is 45.2 Å². The zero-order valence-corrected chi connectivity index (χ0v) is 39.8. The maximum absolute atomic E-state index is 15.1. The van der Waals surface area contributed by atoms with Gasteiger partial charge in [0.15, 0.2) is 0 Å². The molecular formula is C56H50N4O7P2. The van der Waals surface area contributed by atoms with Gasteiger partial charge in [-0.3, -0.25) is 18.9 Å². The number of isocyanates is 1. The van der Waals surface area contributed by atoms with Crippen molar-refractivity contribution in [2.24, 2.45) is 4.99 Å². The van der Waals surface area contributed by atoms with Crippen molar-refractivity contribution < 1.29 is 32.4 Å². The van der Waals surface area contributed by atoms with Crippen LogP contribution in [0.4, 0.5) is 5.69 Å². The quantitative estimate of drug-likeness (QED) is 0.0310. The number of ether oxygens (including phenoxy) is 2. The highest BCUT2D eigenvalue weighted by Crippen LogP contribution is 2.57. The molecule has 2 heterocycles. The van der Waals surface area contributed by atoms with Crippen LogP contribution in [0.1, 0.15) is 66.3 Å². The van der Waals surface area contributed by atoms with E-state index in [1.165, 1.54) is 0 Å². The molecule has 0 N–H and O–H groups in total. The average Bonchev–Trinajstić information content (AvgIpc) is 3.36. The number of hydrogen-bond acceptors (Lipinski definition) is 11. The Morgan fingerprint density at radius 3 is 1.80 bits per heavy atom. The van der Waals surface area contributed by atoms with E-state index in [1.807, 2.05) is 115 Å². The summed E-state index contributed by atoms with van der Waals surface area (Å²) in [6.45, 7) is 1.72. The van der Waals surface area contributed by atoms with E-state index in [-0.39, 0.29) is 12.6 Å². The second-order valence-electron chi connectivity index (χ2n) is 17.7. The largest absolute Gasteiger partial charge is 0.462 e. The summed E-state index contributed by atoms with van der Waals surface area (Å²) in [5.41, 5.74) is 8.42. The first-order valence-electron chi connectivity index (χ1n) is 23.2. The van der Waals surface area contributed by atoms with E-state index in [0.29, 0.717) is 62.6 Å². The summed E-state index contributed by atoms with van der Waals surface area (Å²) in [6.07, 6.45) is 20.4. The normalized spacial score (nSPS) is 20.0. The summed E-state index contributed by atoms with van der Waals surface area (Å²) in [4.78, 5) is 19.6. The minimum atomic E-state index is -3.41. The van der Waals surface area contributed by atoms with Gasteiger partial charge in [0, 0.05) is 62.2 Å². The Hall–Kier alpha value is -7.01. The van der Waals surface area contributed by atoms with Gasteiger partial charge in [0.2, 0.25) is 6.08 Å². The summed E-state index contributed by atoms with van der Waals surface area (Å²) < 4.78 is 55.1. The van der Waals surface area contributed by atoms with E-state index in [0.717, 1.165) is 91.7 Å². The van der Waals surface area contributed by atoms with Gasteiger partial charge in [0.25, 0.3) is 21.0 Å². The number of nitriles is 1. The maximum Gasteiger partial charge on any atom is 0.292 e. The van der Waals surface area contributed by atoms with Crippen LogP contribution in [-0.4, -0.2) is 35.0 Å². The van der Waals surface area contributed by atoms with Crippen LogP contribution in [0.5, 0.6) is 11.5 Å². The van der Waals surface area contributed by atoms with Crippen LogP contribution in [-0.2, 0) is 42.6 Å². The van der Waals surface area contributed by atoms with Crippen LogP contribution in [0.2, 0.25) is 0 Å². The number of allylic oxidation sites excluding steroid dienone is 9. The smallest absolute Gasteiger partial charge is 0.292 e. The number of nitrogens with zero attached hydrogens (tertiary/aromatic N) is 4. The first-order valence-corrected chi connectivity index (χ1v) is 26.8. The summed E-state index contributed by atoms with van der Waals surface area (Å²) in [7, 11) is -6.81. The molecule has 0 fully saturated rings. The standard InChI is InChI=1S/C56H50N4O7P2/c57-37-64-52-20-8-2-14-44(52)36-60(40-69(63)56-24-12-6-18-50(56)48-16-4-10-22-54(48)67-69)34-42-27-31-46(32-28-42)65-45-29-25-41(26-30-45)33-59(35-43-13-1-7-19-51(43)58-38-61)39-68(62)55-23-11-5-17-49(55)47-15-3-9-21-53(47)66-68/h1-14,17-20,23-25,27-29,31-32H,15-16,21-22,26,30,33-36,39-40H2. The molecule has 2 unspecified atom stereocenters. The van der Waals surface area contributed by atoms with Crippen LogP contribution in [0.3, 0.4) is 0 Å². The number of aliphatic imine (C=N–C) groups is 1. The lowest BCUT2D eigenvalue weighted by Crippen LogP contribution is -2.32. The molecular weight excluding hydrogens is 903 g/mol. The molecule has 0 radical (unpaired) electrons. The second kappa shape index (κ2) is 20.3. The van der Waals surface area contributed by atoms with E-state index in [9.17, 15) is 10.1 Å². The predicted molar refractivity (Wildman–Crippen MR) is 269 cm³/mol. The topological polar surface area (TPSA) is 131 Å². The average molecular weight is 953 g/mol. The summed E-state index contributed by atoms with van der Waals surface area (Å²) in [5.74, 6) is 3.50. The van der Waals surface area contributed by atoms with Crippen molar-refractivity contribution in [2.75, 3.05) is 19.1 Å². The number of fused-ring (bicyclic) bond motifs is 4. The van der Waals surface area contributed by atoms with Crippen LogP contribution >= 0.6 is 14.7 Å². The fourth-order valence-corrected chi connectivity index (χ4v) is 14.8. The lowest BCUT2D eigenvalue weighted by molar-refractivity contribution is 0.277. The first kappa shape index (κ1) is 45.8. The fraction of sp³-hybridized carbons (Fsp3) is 0.214. The Labute approximate surface area is 402 Å². The van der Waals surface area contributed by atoms with E-state index in [4.69, 9.17) is 18.5 Å². The molecule has 10 rings (SSSR count). The van der Waals surface area contributed by atoms with Crippen molar-refractivity contribution in [1.29, 1.82) is 5.26 Å². The zero-order valence-electron chi connectivity index (χ0n) is 38.0. The molecule has 5 aliphatic rings. The van der Waals surface area contributed by atoms with Crippen molar-refractivity contribution in [3.05, 3.63) is 208 Å². The molecule has 69 heavy (non-hydrogen) atoms. The van der Waals surface area contributed by atoms with Gasteiger partial charge in [-0.25, -0.2) is 4.79 Å². The molecule has 2 aliphatic heterocycles. The van der Waals surface area contributed by atoms with Crippen LogP contribution < -0.4 is 20.1 Å². The minimum Gasteiger partial charge on any atom is -0.462 e. The molecule has 13 heteroatoms. The lowest BCUT2D eigenvalue weighted by Gasteiger charge is -2.35. The molecule has 0 bridgehead atoms. The van der Waals surface area contributed by atoms with Gasteiger partial charge in [-0.05, 0) is 84.0 Å². The van der Waals surface area contributed by atoms with Crippen molar-refractivity contribution in [3.63, 3.8) is 0 Å². The Morgan fingerprint density at radius 2 is 1.17 bits per heavy atom. The molecule has 0 spiro atoms. The van der Waals surface area contributed by atoms with Gasteiger partial charge in [-0.2, -0.15) is 4.99 Å².